The van der Waals surface area contributed by atoms with E-state index >= 15 is 0 Å². The molecule has 0 fully saturated rings. The van der Waals surface area contributed by atoms with E-state index in [9.17, 15) is 0 Å². The molecular formula is C16H7Br3N2S. The van der Waals surface area contributed by atoms with Crippen molar-refractivity contribution in [3.8, 4) is 11.4 Å². The molecule has 0 bridgehead atoms. The van der Waals surface area contributed by atoms with Crippen LogP contribution in [0, 0.1) is 0 Å². The molecule has 0 amide bonds. The van der Waals surface area contributed by atoms with E-state index in [1.54, 1.807) is 11.3 Å². The Morgan fingerprint density at radius 3 is 2.32 bits per heavy atom. The number of hydrogen-bond donors (Lipinski definition) is 0. The molecule has 2 nitrogen and oxygen atoms in total. The molecule has 6 heteroatoms. The van der Waals surface area contributed by atoms with Crippen molar-refractivity contribution in [2.75, 3.05) is 0 Å². The lowest BCUT2D eigenvalue weighted by Crippen LogP contribution is -1.91. The van der Waals surface area contributed by atoms with Crippen LogP contribution in [-0.4, -0.2) is 9.97 Å². The number of halogens is 3. The number of rotatable bonds is 1. The van der Waals surface area contributed by atoms with Crippen LogP contribution in [-0.2, 0) is 0 Å². The minimum absolute atomic E-state index is 0.685. The van der Waals surface area contributed by atoms with Crippen molar-refractivity contribution in [2.24, 2.45) is 0 Å². The van der Waals surface area contributed by atoms with Crippen molar-refractivity contribution in [3.63, 3.8) is 0 Å². The third-order valence-corrected chi connectivity index (χ3v) is 6.16. The predicted molar refractivity (Wildman–Crippen MR) is 103 cm³/mol. The summed E-state index contributed by atoms with van der Waals surface area (Å²) in [5.74, 6) is 0.685. The molecule has 0 saturated carbocycles. The highest BCUT2D eigenvalue weighted by atomic mass is 79.9. The molecule has 4 aromatic rings. The summed E-state index contributed by atoms with van der Waals surface area (Å²) >= 11 is 12.4. The Labute approximate surface area is 156 Å². The fraction of sp³-hybridized carbons (Fsp3) is 0. The van der Waals surface area contributed by atoms with E-state index < -0.39 is 0 Å². The standard InChI is InChI=1S/C16H7Br3N2S/c17-12-7-13(18)21-16(20-12)9-5-6-11-14(15(9)19)8-3-1-2-4-10(8)22-11/h1-7H. The van der Waals surface area contributed by atoms with Gasteiger partial charge in [0, 0.05) is 36.3 Å². The Hall–Kier alpha value is -0.820. The highest BCUT2D eigenvalue weighted by Gasteiger charge is 2.15. The number of aromatic nitrogens is 2. The van der Waals surface area contributed by atoms with Crippen molar-refractivity contribution in [3.05, 3.63) is 56.1 Å². The maximum atomic E-state index is 4.49. The first-order chi connectivity index (χ1) is 10.6. The summed E-state index contributed by atoms with van der Waals surface area (Å²) in [5.41, 5.74) is 0.984. The van der Waals surface area contributed by atoms with Crippen LogP contribution in [0.15, 0.2) is 56.1 Å². The number of thiophene rings is 1. The largest absolute Gasteiger partial charge is 0.221 e. The molecule has 108 valence electrons. The van der Waals surface area contributed by atoms with Crippen molar-refractivity contribution >= 4 is 79.3 Å². The molecule has 0 unspecified atom stereocenters. The van der Waals surface area contributed by atoms with Gasteiger partial charge in [-0.1, -0.05) is 18.2 Å². The van der Waals surface area contributed by atoms with Gasteiger partial charge in [0.05, 0.1) is 0 Å². The van der Waals surface area contributed by atoms with Crippen LogP contribution >= 0.6 is 59.1 Å². The SMILES string of the molecule is Brc1cc(Br)nc(-c2ccc3sc4ccccc4c3c2Br)n1. The van der Waals surface area contributed by atoms with E-state index in [4.69, 9.17) is 0 Å². The molecule has 0 atom stereocenters. The maximum absolute atomic E-state index is 4.49. The Balaban J connectivity index is 2.07. The van der Waals surface area contributed by atoms with Crippen molar-refractivity contribution in [1.82, 2.24) is 9.97 Å². The Morgan fingerprint density at radius 1 is 0.818 bits per heavy atom. The Bertz CT molecular complexity index is 1010. The molecule has 0 aliphatic carbocycles. The molecule has 0 saturated heterocycles. The first kappa shape index (κ1) is 14.8. The summed E-state index contributed by atoms with van der Waals surface area (Å²) in [7, 11) is 0. The second kappa shape index (κ2) is 5.67. The van der Waals surface area contributed by atoms with Crippen molar-refractivity contribution in [2.45, 2.75) is 0 Å². The van der Waals surface area contributed by atoms with Crippen LogP contribution < -0.4 is 0 Å². The van der Waals surface area contributed by atoms with Gasteiger partial charge in [0.15, 0.2) is 5.82 Å². The van der Waals surface area contributed by atoms with Gasteiger partial charge in [0.25, 0.3) is 0 Å². The third-order valence-electron chi connectivity index (χ3n) is 3.38. The van der Waals surface area contributed by atoms with Crippen LogP contribution in [0.1, 0.15) is 0 Å². The van der Waals surface area contributed by atoms with Crippen LogP contribution in [0.5, 0.6) is 0 Å². The first-order valence-electron chi connectivity index (χ1n) is 6.44. The number of hydrogen-bond acceptors (Lipinski definition) is 3. The lowest BCUT2D eigenvalue weighted by Gasteiger charge is -2.06. The molecule has 2 heterocycles. The van der Waals surface area contributed by atoms with Gasteiger partial charge in [-0.25, -0.2) is 9.97 Å². The fourth-order valence-corrected chi connectivity index (χ4v) is 5.52. The molecular weight excluding hydrogens is 492 g/mol. The highest BCUT2D eigenvalue weighted by Crippen LogP contribution is 2.42. The second-order valence-corrected chi connectivity index (χ2v) is 8.24. The normalized spacial score (nSPS) is 11.4. The zero-order chi connectivity index (χ0) is 15.3. The van der Waals surface area contributed by atoms with Crippen molar-refractivity contribution in [1.29, 1.82) is 0 Å². The van der Waals surface area contributed by atoms with Crippen LogP contribution in [0.3, 0.4) is 0 Å². The van der Waals surface area contributed by atoms with Gasteiger partial charge in [-0.15, -0.1) is 11.3 Å². The topological polar surface area (TPSA) is 25.8 Å². The number of benzene rings is 2. The fourth-order valence-electron chi connectivity index (χ4n) is 2.46. The van der Waals surface area contributed by atoms with Crippen LogP contribution in [0.25, 0.3) is 31.6 Å². The van der Waals surface area contributed by atoms with Gasteiger partial charge in [-0.05, 0) is 66.0 Å². The smallest absolute Gasteiger partial charge is 0.162 e. The first-order valence-corrected chi connectivity index (χ1v) is 9.63. The summed E-state index contributed by atoms with van der Waals surface area (Å²) < 4.78 is 5.09. The highest BCUT2D eigenvalue weighted by molar-refractivity contribution is 9.11. The van der Waals surface area contributed by atoms with E-state index in [0.29, 0.717) is 5.82 Å². The van der Waals surface area contributed by atoms with Crippen LogP contribution in [0.4, 0.5) is 0 Å². The lowest BCUT2D eigenvalue weighted by atomic mass is 10.1. The van der Waals surface area contributed by atoms with Gasteiger partial charge in [-0.3, -0.25) is 0 Å². The quantitative estimate of drug-likeness (QED) is 0.270. The van der Waals surface area contributed by atoms with Gasteiger partial charge < -0.3 is 0 Å². The molecule has 2 aromatic carbocycles. The van der Waals surface area contributed by atoms with E-state index in [0.717, 1.165) is 19.2 Å². The zero-order valence-electron chi connectivity index (χ0n) is 11.0. The zero-order valence-corrected chi connectivity index (χ0v) is 16.6. The molecule has 0 aliphatic rings. The maximum Gasteiger partial charge on any atom is 0.162 e. The summed E-state index contributed by atoms with van der Waals surface area (Å²) in [6.45, 7) is 0. The molecule has 22 heavy (non-hydrogen) atoms. The number of fused-ring (bicyclic) bond motifs is 3. The van der Waals surface area contributed by atoms with E-state index in [2.05, 4.69) is 94.2 Å². The lowest BCUT2D eigenvalue weighted by molar-refractivity contribution is 1.12. The average molecular weight is 499 g/mol. The number of nitrogens with zero attached hydrogens (tertiary/aromatic N) is 2. The predicted octanol–water partition coefficient (Wildman–Crippen LogP) is 6.80. The second-order valence-electron chi connectivity index (χ2n) is 4.74. The van der Waals surface area contributed by atoms with Gasteiger partial charge >= 0.3 is 0 Å². The molecule has 0 spiro atoms. The molecule has 0 N–H and O–H groups in total. The average Bonchev–Trinajstić information content (AvgIpc) is 2.85. The Morgan fingerprint density at radius 2 is 1.55 bits per heavy atom. The molecule has 0 aliphatic heterocycles. The van der Waals surface area contributed by atoms with Crippen molar-refractivity contribution < 1.29 is 0 Å². The minimum Gasteiger partial charge on any atom is -0.221 e. The van der Waals surface area contributed by atoms with E-state index in [-0.39, 0.29) is 0 Å². The van der Waals surface area contributed by atoms with E-state index in [1.807, 2.05) is 6.07 Å². The summed E-state index contributed by atoms with van der Waals surface area (Å²) in [6.07, 6.45) is 0. The summed E-state index contributed by atoms with van der Waals surface area (Å²) in [4.78, 5) is 8.97. The summed E-state index contributed by atoms with van der Waals surface area (Å²) in [6, 6.07) is 14.5. The van der Waals surface area contributed by atoms with Gasteiger partial charge in [0.1, 0.15) is 9.21 Å². The van der Waals surface area contributed by atoms with Gasteiger partial charge in [0.2, 0.25) is 0 Å². The molecule has 2 aromatic heterocycles. The summed E-state index contributed by atoms with van der Waals surface area (Å²) in [5, 5.41) is 2.48. The molecule has 0 radical (unpaired) electrons. The van der Waals surface area contributed by atoms with Gasteiger partial charge in [-0.2, -0.15) is 0 Å². The van der Waals surface area contributed by atoms with E-state index in [1.165, 1.54) is 20.2 Å². The minimum atomic E-state index is 0.685. The Kier molecular flexibility index (Phi) is 3.80. The third kappa shape index (κ3) is 2.42. The molecule has 4 rings (SSSR count). The van der Waals surface area contributed by atoms with Crippen LogP contribution in [0.2, 0.25) is 0 Å². The monoisotopic (exact) mass is 496 g/mol.